The summed E-state index contributed by atoms with van der Waals surface area (Å²) in [7, 11) is 0. The number of unbranched alkanes of at least 4 members (excludes halogenated alkanes) is 1. The highest BCUT2D eigenvalue weighted by Crippen LogP contribution is 2.31. The maximum absolute atomic E-state index is 11.7. The molecule has 1 atom stereocenters. The second-order valence-corrected chi connectivity index (χ2v) is 6.79. The topological polar surface area (TPSA) is 63.9 Å². The van der Waals surface area contributed by atoms with Gasteiger partial charge in [0.25, 0.3) is 0 Å². The average Bonchev–Trinajstić information content (AvgIpc) is 2.70. The van der Waals surface area contributed by atoms with Crippen molar-refractivity contribution in [3.05, 3.63) is 76.9 Å². The molecule has 0 aliphatic carbocycles. The molecule has 0 fully saturated rings. The van der Waals surface area contributed by atoms with Crippen LogP contribution >= 0.6 is 0 Å². The molecule has 0 saturated heterocycles. The SMILES string of the molecule is CCCCC(CC)Cc1ccccc1/C(=C(\C#N)C(=O)[O-])c1ccccc1. The Morgan fingerprint density at radius 3 is 2.33 bits per heavy atom. The van der Waals surface area contributed by atoms with E-state index >= 15 is 0 Å². The number of nitriles is 1. The molecule has 2 aromatic carbocycles. The van der Waals surface area contributed by atoms with Gasteiger partial charge in [0.05, 0.1) is 11.5 Å². The van der Waals surface area contributed by atoms with Gasteiger partial charge in [0.15, 0.2) is 0 Å². The van der Waals surface area contributed by atoms with Crippen LogP contribution in [0.5, 0.6) is 0 Å². The van der Waals surface area contributed by atoms with Gasteiger partial charge >= 0.3 is 0 Å². The monoisotopic (exact) mass is 360 g/mol. The van der Waals surface area contributed by atoms with Crippen molar-refractivity contribution in [3.8, 4) is 6.07 Å². The number of nitrogens with zero attached hydrogens (tertiary/aromatic N) is 1. The third-order valence-corrected chi connectivity index (χ3v) is 4.97. The first-order chi connectivity index (χ1) is 13.1. The fourth-order valence-electron chi connectivity index (χ4n) is 3.44. The molecule has 0 radical (unpaired) electrons. The van der Waals surface area contributed by atoms with Crippen molar-refractivity contribution >= 4 is 11.5 Å². The summed E-state index contributed by atoms with van der Waals surface area (Å²) in [4.78, 5) is 11.7. The molecule has 3 nitrogen and oxygen atoms in total. The van der Waals surface area contributed by atoms with Crippen LogP contribution in [0, 0.1) is 17.2 Å². The van der Waals surface area contributed by atoms with Crippen LogP contribution in [0.15, 0.2) is 60.2 Å². The van der Waals surface area contributed by atoms with E-state index in [-0.39, 0.29) is 5.57 Å². The number of rotatable bonds is 9. The fraction of sp³-hybridized carbons (Fsp3) is 0.333. The van der Waals surface area contributed by atoms with Gasteiger partial charge in [0.2, 0.25) is 0 Å². The third-order valence-electron chi connectivity index (χ3n) is 4.97. The first-order valence-corrected chi connectivity index (χ1v) is 9.61. The van der Waals surface area contributed by atoms with E-state index in [2.05, 4.69) is 13.8 Å². The van der Waals surface area contributed by atoms with Crippen molar-refractivity contribution in [2.45, 2.75) is 46.0 Å². The molecule has 0 N–H and O–H groups in total. The van der Waals surface area contributed by atoms with E-state index in [9.17, 15) is 15.2 Å². The number of carbonyl (C=O) groups excluding carboxylic acids is 1. The first-order valence-electron chi connectivity index (χ1n) is 9.61. The van der Waals surface area contributed by atoms with E-state index in [1.807, 2.05) is 60.7 Å². The van der Waals surface area contributed by atoms with E-state index < -0.39 is 5.97 Å². The molecule has 27 heavy (non-hydrogen) atoms. The lowest BCUT2D eigenvalue weighted by Gasteiger charge is -2.20. The maximum Gasteiger partial charge on any atom is 0.102 e. The zero-order valence-electron chi connectivity index (χ0n) is 16.1. The van der Waals surface area contributed by atoms with Gasteiger partial charge in [0, 0.05) is 5.57 Å². The van der Waals surface area contributed by atoms with Gasteiger partial charge in [-0.2, -0.15) is 5.26 Å². The molecule has 1 unspecified atom stereocenters. The van der Waals surface area contributed by atoms with E-state index in [1.54, 1.807) is 0 Å². The van der Waals surface area contributed by atoms with Gasteiger partial charge in [-0.1, -0.05) is 94.1 Å². The molecular formula is C24H26NO2-. The predicted octanol–water partition coefficient (Wildman–Crippen LogP) is 4.52. The molecule has 140 valence electrons. The van der Waals surface area contributed by atoms with E-state index in [1.165, 1.54) is 6.42 Å². The van der Waals surface area contributed by atoms with E-state index in [0.29, 0.717) is 17.1 Å². The largest absolute Gasteiger partial charge is 0.544 e. The maximum atomic E-state index is 11.7. The summed E-state index contributed by atoms with van der Waals surface area (Å²) in [5.41, 5.74) is 2.72. The number of hydrogen-bond donors (Lipinski definition) is 0. The molecule has 2 rings (SSSR count). The van der Waals surface area contributed by atoms with Crippen LogP contribution in [0.25, 0.3) is 5.57 Å². The van der Waals surface area contributed by atoms with Crippen molar-refractivity contribution in [1.29, 1.82) is 5.26 Å². The van der Waals surface area contributed by atoms with Crippen LogP contribution < -0.4 is 5.11 Å². The Bertz CT molecular complexity index is 831. The van der Waals surface area contributed by atoms with Gasteiger partial charge in [-0.25, -0.2) is 0 Å². The summed E-state index contributed by atoms with van der Waals surface area (Å²) in [5.74, 6) is -0.902. The molecule has 0 spiro atoms. The van der Waals surface area contributed by atoms with Crippen molar-refractivity contribution < 1.29 is 9.90 Å². The molecule has 2 aromatic rings. The van der Waals surface area contributed by atoms with Gasteiger partial charge in [-0.15, -0.1) is 0 Å². The molecule has 0 aromatic heterocycles. The third kappa shape index (κ3) is 5.31. The summed E-state index contributed by atoms with van der Waals surface area (Å²) in [6, 6.07) is 18.9. The molecule has 0 aliphatic heterocycles. The first kappa shape index (κ1) is 20.5. The Kier molecular flexibility index (Phi) is 7.82. The van der Waals surface area contributed by atoms with Crippen molar-refractivity contribution in [2.75, 3.05) is 0 Å². The minimum Gasteiger partial charge on any atom is -0.544 e. The van der Waals surface area contributed by atoms with Crippen LogP contribution in [0.1, 0.15) is 56.2 Å². The number of carbonyl (C=O) groups is 1. The summed E-state index contributed by atoms with van der Waals surface area (Å²) < 4.78 is 0. The standard InChI is InChI=1S/C24H27NO2/c1-3-5-11-18(4-2)16-20-14-9-10-15-21(20)23(22(17-25)24(26)27)19-12-7-6-8-13-19/h6-10,12-15,18H,3-5,11,16H2,1-2H3,(H,26,27)/p-1/b23-22+. The smallest absolute Gasteiger partial charge is 0.102 e. The van der Waals surface area contributed by atoms with Gasteiger partial charge in [-0.05, 0) is 29.0 Å². The highest BCUT2D eigenvalue weighted by Gasteiger charge is 2.18. The van der Waals surface area contributed by atoms with Crippen molar-refractivity contribution in [3.63, 3.8) is 0 Å². The molecule has 0 saturated carbocycles. The zero-order chi connectivity index (χ0) is 19.6. The van der Waals surface area contributed by atoms with Gasteiger partial charge < -0.3 is 9.90 Å². The second-order valence-electron chi connectivity index (χ2n) is 6.79. The van der Waals surface area contributed by atoms with Crippen molar-refractivity contribution in [1.82, 2.24) is 0 Å². The zero-order valence-corrected chi connectivity index (χ0v) is 16.1. The quantitative estimate of drug-likeness (QED) is 0.488. The average molecular weight is 360 g/mol. The Morgan fingerprint density at radius 1 is 1.07 bits per heavy atom. The number of carboxylic acids is 1. The normalized spacial score (nSPS) is 12.8. The Labute approximate surface area is 162 Å². The highest BCUT2D eigenvalue weighted by molar-refractivity contribution is 6.03. The molecule has 0 bridgehead atoms. The number of aliphatic carboxylic acids is 1. The van der Waals surface area contributed by atoms with Gasteiger partial charge in [-0.3, -0.25) is 0 Å². The fourth-order valence-corrected chi connectivity index (χ4v) is 3.44. The summed E-state index contributed by atoms with van der Waals surface area (Å²) in [5, 5.41) is 21.2. The number of carboxylic acid groups (broad SMARTS) is 1. The van der Waals surface area contributed by atoms with Crippen LogP contribution in [-0.2, 0) is 11.2 Å². The lowest BCUT2D eigenvalue weighted by molar-refractivity contribution is -0.298. The van der Waals surface area contributed by atoms with E-state index in [0.717, 1.165) is 36.8 Å². The molecule has 0 heterocycles. The summed E-state index contributed by atoms with van der Waals surface area (Å²) in [6.07, 6.45) is 5.44. The Morgan fingerprint density at radius 2 is 1.74 bits per heavy atom. The van der Waals surface area contributed by atoms with Crippen LogP contribution in [0.2, 0.25) is 0 Å². The predicted molar refractivity (Wildman–Crippen MR) is 107 cm³/mol. The van der Waals surface area contributed by atoms with Crippen LogP contribution in [0.4, 0.5) is 0 Å². The van der Waals surface area contributed by atoms with Gasteiger partial charge in [0.1, 0.15) is 6.07 Å². The van der Waals surface area contributed by atoms with Crippen molar-refractivity contribution in [2.24, 2.45) is 5.92 Å². The lowest BCUT2D eigenvalue weighted by Crippen LogP contribution is -2.25. The Balaban J connectivity index is 2.58. The minimum atomic E-state index is -1.44. The molecule has 0 amide bonds. The molecule has 0 aliphatic rings. The highest BCUT2D eigenvalue weighted by atomic mass is 16.4. The Hall–Kier alpha value is -2.86. The number of hydrogen-bond acceptors (Lipinski definition) is 3. The summed E-state index contributed by atoms with van der Waals surface area (Å²) in [6.45, 7) is 4.38. The van der Waals surface area contributed by atoms with Crippen LogP contribution in [-0.4, -0.2) is 5.97 Å². The number of benzene rings is 2. The second kappa shape index (κ2) is 10.3. The lowest BCUT2D eigenvalue weighted by atomic mass is 9.85. The van der Waals surface area contributed by atoms with E-state index in [4.69, 9.17) is 0 Å². The molecular weight excluding hydrogens is 334 g/mol. The summed E-state index contributed by atoms with van der Waals surface area (Å²) >= 11 is 0. The van der Waals surface area contributed by atoms with Crippen LogP contribution in [0.3, 0.4) is 0 Å². The molecule has 3 heteroatoms. The minimum absolute atomic E-state index is 0.324.